The molecule has 1 amide bonds. The molecule has 0 aliphatic carbocycles. The molecular formula is C18H14N2O3. The molecule has 3 aromatic carbocycles. The van der Waals surface area contributed by atoms with Gasteiger partial charge in [-0.15, -0.1) is 0 Å². The number of hydrogen-bond acceptors (Lipinski definition) is 4. The lowest BCUT2D eigenvalue weighted by molar-refractivity contribution is 0.0952. The lowest BCUT2D eigenvalue weighted by Gasteiger charge is -2.03. The highest BCUT2D eigenvalue weighted by Crippen LogP contribution is 2.22. The third-order valence-electron chi connectivity index (χ3n) is 3.38. The van der Waals surface area contributed by atoms with E-state index in [-0.39, 0.29) is 17.1 Å². The van der Waals surface area contributed by atoms with Crippen molar-refractivity contribution in [1.29, 1.82) is 0 Å². The second kappa shape index (κ2) is 6.19. The Kier molecular flexibility index (Phi) is 3.93. The summed E-state index contributed by atoms with van der Waals surface area (Å²) in [7, 11) is 0. The van der Waals surface area contributed by atoms with Gasteiger partial charge in [0.2, 0.25) is 0 Å². The fraction of sp³-hybridized carbons (Fsp3) is 0. The molecule has 3 N–H and O–H groups in total. The van der Waals surface area contributed by atoms with Crippen LogP contribution in [-0.4, -0.2) is 22.3 Å². The molecule has 114 valence electrons. The summed E-state index contributed by atoms with van der Waals surface area (Å²) in [5.41, 5.74) is 3.23. The molecule has 0 fully saturated rings. The highest BCUT2D eigenvalue weighted by Gasteiger charge is 2.10. The molecule has 0 unspecified atom stereocenters. The van der Waals surface area contributed by atoms with E-state index in [1.54, 1.807) is 0 Å². The molecule has 0 heterocycles. The van der Waals surface area contributed by atoms with Crippen molar-refractivity contribution in [3.63, 3.8) is 0 Å². The van der Waals surface area contributed by atoms with Crippen LogP contribution in [-0.2, 0) is 0 Å². The van der Waals surface area contributed by atoms with Gasteiger partial charge in [0.1, 0.15) is 11.5 Å². The number of rotatable bonds is 3. The average molecular weight is 306 g/mol. The largest absolute Gasteiger partial charge is 0.508 e. The van der Waals surface area contributed by atoms with Crippen molar-refractivity contribution in [1.82, 2.24) is 5.43 Å². The summed E-state index contributed by atoms with van der Waals surface area (Å²) in [5, 5.41) is 24.9. The highest BCUT2D eigenvalue weighted by molar-refractivity contribution is 5.97. The summed E-state index contributed by atoms with van der Waals surface area (Å²) in [6.07, 6.45) is 1.53. The molecule has 0 radical (unpaired) electrons. The number of hydrazone groups is 1. The molecule has 0 saturated carbocycles. The zero-order chi connectivity index (χ0) is 16.2. The second-order valence-electron chi connectivity index (χ2n) is 5.01. The molecule has 5 heteroatoms. The predicted octanol–water partition coefficient (Wildman–Crippen LogP) is 3.01. The van der Waals surface area contributed by atoms with E-state index >= 15 is 0 Å². The van der Waals surface area contributed by atoms with Gasteiger partial charge in [0.05, 0.1) is 11.8 Å². The van der Waals surface area contributed by atoms with Gasteiger partial charge in [-0.1, -0.05) is 36.4 Å². The van der Waals surface area contributed by atoms with E-state index in [0.717, 1.165) is 22.4 Å². The highest BCUT2D eigenvalue weighted by atomic mass is 16.3. The normalized spacial score (nSPS) is 11.0. The Labute approximate surface area is 132 Å². The van der Waals surface area contributed by atoms with Crippen LogP contribution in [0.15, 0.2) is 65.8 Å². The van der Waals surface area contributed by atoms with E-state index in [2.05, 4.69) is 10.5 Å². The summed E-state index contributed by atoms with van der Waals surface area (Å²) in [6, 6.07) is 17.5. The fourth-order valence-electron chi connectivity index (χ4n) is 2.23. The van der Waals surface area contributed by atoms with Crippen molar-refractivity contribution in [2.75, 3.05) is 0 Å². The van der Waals surface area contributed by atoms with Gasteiger partial charge in [0.25, 0.3) is 5.91 Å². The van der Waals surface area contributed by atoms with Gasteiger partial charge in [-0.05, 0) is 34.5 Å². The summed E-state index contributed by atoms with van der Waals surface area (Å²) in [4.78, 5) is 11.9. The van der Waals surface area contributed by atoms with Gasteiger partial charge >= 0.3 is 0 Å². The molecule has 5 nitrogen and oxygen atoms in total. The Bertz CT molecular complexity index is 904. The van der Waals surface area contributed by atoms with Crippen molar-refractivity contribution in [3.8, 4) is 11.5 Å². The number of hydrogen-bond donors (Lipinski definition) is 3. The van der Waals surface area contributed by atoms with Crippen LogP contribution in [0.5, 0.6) is 11.5 Å². The number of benzene rings is 3. The number of amides is 1. The van der Waals surface area contributed by atoms with Crippen LogP contribution in [0.25, 0.3) is 10.8 Å². The number of carbonyl (C=O) groups is 1. The number of aromatic hydroxyl groups is 2. The van der Waals surface area contributed by atoms with E-state index in [9.17, 15) is 15.0 Å². The molecule has 0 aliphatic rings. The number of nitrogens with zero attached hydrogens (tertiary/aromatic N) is 1. The Morgan fingerprint density at radius 3 is 2.52 bits per heavy atom. The summed E-state index contributed by atoms with van der Waals surface area (Å²) in [5.74, 6) is -0.971. The molecule has 0 atom stereocenters. The van der Waals surface area contributed by atoms with Crippen molar-refractivity contribution >= 4 is 22.9 Å². The summed E-state index contributed by atoms with van der Waals surface area (Å²) >= 11 is 0. The molecule has 0 saturated heterocycles. The first-order valence-corrected chi connectivity index (χ1v) is 6.98. The fourth-order valence-corrected chi connectivity index (χ4v) is 2.23. The quantitative estimate of drug-likeness (QED) is 0.514. The Morgan fingerprint density at radius 2 is 1.74 bits per heavy atom. The third kappa shape index (κ3) is 3.29. The van der Waals surface area contributed by atoms with Crippen molar-refractivity contribution in [2.24, 2.45) is 5.10 Å². The Balaban J connectivity index is 1.73. The van der Waals surface area contributed by atoms with Crippen LogP contribution in [0.4, 0.5) is 0 Å². The van der Waals surface area contributed by atoms with Gasteiger partial charge < -0.3 is 10.2 Å². The monoisotopic (exact) mass is 306 g/mol. The number of phenolic OH excluding ortho intramolecular Hbond substituents is 2. The minimum absolute atomic E-state index is 0.0402. The van der Waals surface area contributed by atoms with Crippen LogP contribution in [0.1, 0.15) is 15.9 Å². The predicted molar refractivity (Wildman–Crippen MR) is 88.8 cm³/mol. The van der Waals surface area contributed by atoms with Gasteiger partial charge in [0, 0.05) is 6.07 Å². The number of fused-ring (bicyclic) bond motifs is 1. The molecule has 3 rings (SSSR count). The molecule has 3 aromatic rings. The average Bonchev–Trinajstić information content (AvgIpc) is 2.54. The maximum Gasteiger partial charge on any atom is 0.275 e. The topological polar surface area (TPSA) is 81.9 Å². The molecule has 0 spiro atoms. The SMILES string of the molecule is O=C(NN=Cc1ccc2ccccc2c1)c1ccc(O)cc1O. The van der Waals surface area contributed by atoms with Crippen LogP contribution in [0, 0.1) is 0 Å². The Hall–Kier alpha value is -3.34. The molecule has 0 bridgehead atoms. The van der Waals surface area contributed by atoms with Gasteiger partial charge in [-0.2, -0.15) is 5.10 Å². The van der Waals surface area contributed by atoms with Crippen LogP contribution in [0.3, 0.4) is 0 Å². The van der Waals surface area contributed by atoms with E-state index in [1.807, 2.05) is 42.5 Å². The summed E-state index contributed by atoms with van der Waals surface area (Å²) in [6.45, 7) is 0. The first-order chi connectivity index (χ1) is 11.1. The standard InChI is InChI=1S/C18H14N2O3/c21-15-7-8-16(17(22)10-15)18(23)20-19-11-12-5-6-13-3-1-2-4-14(13)9-12/h1-11,21-22H,(H,20,23). The van der Waals surface area contributed by atoms with E-state index < -0.39 is 5.91 Å². The maximum atomic E-state index is 11.9. The minimum atomic E-state index is -0.556. The van der Waals surface area contributed by atoms with E-state index in [1.165, 1.54) is 18.3 Å². The maximum absolute atomic E-state index is 11.9. The van der Waals surface area contributed by atoms with Crippen LogP contribution < -0.4 is 5.43 Å². The van der Waals surface area contributed by atoms with Crippen molar-refractivity contribution in [2.45, 2.75) is 0 Å². The zero-order valence-corrected chi connectivity index (χ0v) is 12.1. The smallest absolute Gasteiger partial charge is 0.275 e. The third-order valence-corrected chi connectivity index (χ3v) is 3.38. The van der Waals surface area contributed by atoms with E-state index in [0.29, 0.717) is 0 Å². The van der Waals surface area contributed by atoms with Crippen LogP contribution >= 0.6 is 0 Å². The van der Waals surface area contributed by atoms with Gasteiger partial charge in [-0.25, -0.2) is 5.43 Å². The second-order valence-corrected chi connectivity index (χ2v) is 5.01. The first kappa shape index (κ1) is 14.6. The number of nitrogens with one attached hydrogen (secondary N) is 1. The van der Waals surface area contributed by atoms with Crippen molar-refractivity contribution < 1.29 is 15.0 Å². The Morgan fingerprint density at radius 1 is 0.957 bits per heavy atom. The van der Waals surface area contributed by atoms with Crippen molar-refractivity contribution in [3.05, 3.63) is 71.8 Å². The van der Waals surface area contributed by atoms with E-state index in [4.69, 9.17) is 0 Å². The molecular weight excluding hydrogens is 292 g/mol. The number of carbonyl (C=O) groups excluding carboxylic acids is 1. The zero-order valence-electron chi connectivity index (χ0n) is 12.1. The molecule has 0 aliphatic heterocycles. The lowest BCUT2D eigenvalue weighted by Crippen LogP contribution is -2.17. The first-order valence-electron chi connectivity index (χ1n) is 6.98. The molecule has 0 aromatic heterocycles. The minimum Gasteiger partial charge on any atom is -0.508 e. The lowest BCUT2D eigenvalue weighted by atomic mass is 10.1. The number of phenols is 2. The van der Waals surface area contributed by atoms with Crippen LogP contribution in [0.2, 0.25) is 0 Å². The van der Waals surface area contributed by atoms with Gasteiger partial charge in [-0.3, -0.25) is 4.79 Å². The van der Waals surface area contributed by atoms with Gasteiger partial charge in [0.15, 0.2) is 0 Å². The molecule has 23 heavy (non-hydrogen) atoms. The summed E-state index contributed by atoms with van der Waals surface area (Å²) < 4.78 is 0.